The highest BCUT2D eigenvalue weighted by Gasteiger charge is 2.49. The molecule has 5 rings (SSSR count). The number of esters is 1. The van der Waals surface area contributed by atoms with Crippen molar-refractivity contribution in [1.82, 2.24) is 15.3 Å². The van der Waals surface area contributed by atoms with Crippen molar-refractivity contribution in [3.8, 4) is 0 Å². The molecule has 2 heterocycles. The third kappa shape index (κ3) is 4.63. The molecule has 1 atom stereocenters. The predicted molar refractivity (Wildman–Crippen MR) is 135 cm³/mol. The second kappa shape index (κ2) is 9.86. The van der Waals surface area contributed by atoms with Gasteiger partial charge in [-0.2, -0.15) is 0 Å². The average Bonchev–Trinajstić information content (AvgIpc) is 2.90. The van der Waals surface area contributed by atoms with Gasteiger partial charge in [0.05, 0.1) is 12.0 Å². The van der Waals surface area contributed by atoms with Crippen LogP contribution in [0, 0.1) is 5.41 Å². The second-order valence-electron chi connectivity index (χ2n) is 9.30. The Morgan fingerprint density at radius 2 is 1.86 bits per heavy atom. The number of anilines is 2. The molecule has 2 aromatic heterocycles. The lowest BCUT2D eigenvalue weighted by Crippen LogP contribution is -2.52. The van der Waals surface area contributed by atoms with E-state index in [1.807, 2.05) is 36.4 Å². The number of nitrogens with zero attached hydrogens (tertiary/aromatic N) is 2. The summed E-state index contributed by atoms with van der Waals surface area (Å²) < 4.78 is 5.35. The summed E-state index contributed by atoms with van der Waals surface area (Å²) in [6.45, 7) is 2.12. The zero-order chi connectivity index (χ0) is 24.3. The van der Waals surface area contributed by atoms with Crippen molar-refractivity contribution in [2.75, 3.05) is 11.9 Å². The van der Waals surface area contributed by atoms with Crippen LogP contribution in [0.2, 0.25) is 0 Å². The third-order valence-corrected chi connectivity index (χ3v) is 7.09. The molecule has 0 aliphatic heterocycles. The first-order valence-electron chi connectivity index (χ1n) is 12.3. The third-order valence-electron chi connectivity index (χ3n) is 7.09. The number of allylic oxidation sites excluding steroid dienone is 2. The molecule has 1 saturated carbocycles. The summed E-state index contributed by atoms with van der Waals surface area (Å²) in [6, 6.07) is 11.3. The van der Waals surface area contributed by atoms with Crippen LogP contribution in [0.4, 0.5) is 11.5 Å². The quantitative estimate of drug-likeness (QED) is 0.454. The molecule has 180 valence electrons. The zero-order valence-corrected chi connectivity index (χ0v) is 19.9. The van der Waals surface area contributed by atoms with E-state index in [-0.39, 0.29) is 11.8 Å². The Labute approximate surface area is 205 Å². The van der Waals surface area contributed by atoms with Crippen LogP contribution in [0.25, 0.3) is 10.8 Å². The molecule has 2 aliphatic carbocycles. The average molecular weight is 471 g/mol. The molecule has 1 spiro atoms. The van der Waals surface area contributed by atoms with E-state index < -0.39 is 11.5 Å². The van der Waals surface area contributed by atoms with Gasteiger partial charge in [0.1, 0.15) is 11.9 Å². The molecule has 0 unspecified atom stereocenters. The van der Waals surface area contributed by atoms with Crippen LogP contribution in [0.1, 0.15) is 44.6 Å². The van der Waals surface area contributed by atoms with Crippen molar-refractivity contribution >= 4 is 34.0 Å². The van der Waals surface area contributed by atoms with E-state index >= 15 is 0 Å². The van der Waals surface area contributed by atoms with Gasteiger partial charge >= 0.3 is 5.97 Å². The van der Waals surface area contributed by atoms with Gasteiger partial charge in [0.15, 0.2) is 5.78 Å². The van der Waals surface area contributed by atoms with Crippen LogP contribution in [0.15, 0.2) is 66.8 Å². The standard InChI is InChI=1S/C28H30N4O3/c1-2-35-27(34)23(32-24-17-25(33)28(24)12-4-3-5-13-28)16-19-6-8-21(9-7-19)31-26-22-18-29-14-10-20(22)11-15-30-26/h6-11,14-15,17-18,23,32H,2-5,12-13,16H2,1H3,(H,30,31)/t23-/m0/s1. The Morgan fingerprint density at radius 3 is 2.60 bits per heavy atom. The first kappa shape index (κ1) is 23.0. The Hall–Kier alpha value is -3.74. The molecule has 0 amide bonds. The highest BCUT2D eigenvalue weighted by Crippen LogP contribution is 2.48. The second-order valence-corrected chi connectivity index (χ2v) is 9.30. The molecule has 2 aliphatic rings. The van der Waals surface area contributed by atoms with E-state index in [2.05, 4.69) is 20.6 Å². The van der Waals surface area contributed by atoms with E-state index in [0.717, 1.165) is 65.6 Å². The molecule has 7 heteroatoms. The Kier molecular flexibility index (Phi) is 6.49. The molecule has 0 bridgehead atoms. The van der Waals surface area contributed by atoms with Gasteiger partial charge < -0.3 is 15.4 Å². The zero-order valence-electron chi connectivity index (χ0n) is 19.9. The van der Waals surface area contributed by atoms with Crippen LogP contribution in [-0.2, 0) is 20.7 Å². The summed E-state index contributed by atoms with van der Waals surface area (Å²) in [5, 5.41) is 8.76. The molecule has 3 aromatic rings. The fourth-order valence-electron chi connectivity index (χ4n) is 5.14. The number of ether oxygens (including phenoxy) is 1. The van der Waals surface area contributed by atoms with Crippen molar-refractivity contribution in [2.45, 2.75) is 51.5 Å². The molecule has 1 aromatic carbocycles. The first-order chi connectivity index (χ1) is 17.1. The van der Waals surface area contributed by atoms with E-state index in [1.165, 1.54) is 0 Å². The molecule has 2 N–H and O–H groups in total. The summed E-state index contributed by atoms with van der Waals surface area (Å²) in [7, 11) is 0. The summed E-state index contributed by atoms with van der Waals surface area (Å²) in [5.74, 6) is 0.636. The number of fused-ring (bicyclic) bond motifs is 1. The van der Waals surface area contributed by atoms with Gasteiger partial charge in [-0.3, -0.25) is 9.78 Å². The van der Waals surface area contributed by atoms with Gasteiger partial charge in [0.25, 0.3) is 0 Å². The van der Waals surface area contributed by atoms with Crippen LogP contribution in [0.3, 0.4) is 0 Å². The monoisotopic (exact) mass is 470 g/mol. The largest absolute Gasteiger partial charge is 0.464 e. The molecule has 0 radical (unpaired) electrons. The minimum atomic E-state index is -0.544. The molecule has 0 saturated heterocycles. The lowest BCUT2D eigenvalue weighted by molar-refractivity contribution is -0.146. The Morgan fingerprint density at radius 1 is 1.09 bits per heavy atom. The van der Waals surface area contributed by atoms with Crippen molar-refractivity contribution in [2.24, 2.45) is 5.41 Å². The number of pyridine rings is 2. The number of carbonyl (C=O) groups is 2. The highest BCUT2D eigenvalue weighted by molar-refractivity contribution is 6.05. The normalized spacial score (nSPS) is 17.4. The number of aromatic nitrogens is 2. The summed E-state index contributed by atoms with van der Waals surface area (Å²) in [5.41, 5.74) is 2.37. The molecular weight excluding hydrogens is 440 g/mol. The minimum Gasteiger partial charge on any atom is -0.464 e. The SMILES string of the molecule is CCOC(=O)[C@H](Cc1ccc(Nc2nccc3ccncc23)cc1)NC1=CC(=O)C12CCCCC2. The Balaban J connectivity index is 1.30. The number of carbonyl (C=O) groups excluding carboxylic acids is 2. The maximum Gasteiger partial charge on any atom is 0.328 e. The summed E-state index contributed by atoms with van der Waals surface area (Å²) >= 11 is 0. The molecule has 35 heavy (non-hydrogen) atoms. The lowest BCUT2D eigenvalue weighted by Gasteiger charge is -2.44. The topological polar surface area (TPSA) is 93.2 Å². The van der Waals surface area contributed by atoms with Gasteiger partial charge in [0.2, 0.25) is 0 Å². The number of nitrogens with one attached hydrogen (secondary N) is 2. The van der Waals surface area contributed by atoms with Crippen LogP contribution < -0.4 is 10.6 Å². The first-order valence-corrected chi connectivity index (χ1v) is 12.3. The van der Waals surface area contributed by atoms with Gasteiger partial charge in [-0.25, -0.2) is 9.78 Å². The maximum absolute atomic E-state index is 12.8. The van der Waals surface area contributed by atoms with Crippen molar-refractivity contribution in [3.63, 3.8) is 0 Å². The number of rotatable bonds is 8. The minimum absolute atomic E-state index is 0.190. The molecular formula is C28H30N4O3. The van der Waals surface area contributed by atoms with Gasteiger partial charge in [-0.05, 0) is 55.0 Å². The highest BCUT2D eigenvalue weighted by atomic mass is 16.5. The van der Waals surface area contributed by atoms with E-state index in [9.17, 15) is 9.59 Å². The van der Waals surface area contributed by atoms with Gasteiger partial charge in [-0.15, -0.1) is 0 Å². The van der Waals surface area contributed by atoms with Crippen molar-refractivity contribution in [1.29, 1.82) is 0 Å². The number of benzene rings is 1. The summed E-state index contributed by atoms with van der Waals surface area (Å²) in [6.07, 6.45) is 12.4. The number of ketones is 1. The number of hydrogen-bond acceptors (Lipinski definition) is 7. The smallest absolute Gasteiger partial charge is 0.328 e. The number of hydrogen-bond donors (Lipinski definition) is 2. The maximum atomic E-state index is 12.8. The lowest BCUT2D eigenvalue weighted by atomic mass is 9.62. The van der Waals surface area contributed by atoms with E-state index in [4.69, 9.17) is 4.74 Å². The van der Waals surface area contributed by atoms with Crippen molar-refractivity contribution in [3.05, 3.63) is 72.3 Å². The fraction of sp³-hybridized carbons (Fsp3) is 0.357. The fourth-order valence-corrected chi connectivity index (χ4v) is 5.14. The molecule has 7 nitrogen and oxygen atoms in total. The Bertz CT molecular complexity index is 1260. The van der Waals surface area contributed by atoms with Gasteiger partial charge in [-0.1, -0.05) is 31.4 Å². The molecule has 1 fully saturated rings. The van der Waals surface area contributed by atoms with Crippen molar-refractivity contribution < 1.29 is 14.3 Å². The summed E-state index contributed by atoms with van der Waals surface area (Å²) in [4.78, 5) is 33.9. The van der Waals surface area contributed by atoms with Crippen LogP contribution in [-0.4, -0.2) is 34.4 Å². The van der Waals surface area contributed by atoms with Crippen LogP contribution in [0.5, 0.6) is 0 Å². The van der Waals surface area contributed by atoms with Crippen LogP contribution >= 0.6 is 0 Å². The van der Waals surface area contributed by atoms with Gasteiger partial charge in [0, 0.05) is 47.9 Å². The van der Waals surface area contributed by atoms with E-state index in [1.54, 1.807) is 31.6 Å². The van der Waals surface area contributed by atoms with E-state index in [0.29, 0.717) is 13.0 Å². The predicted octanol–water partition coefficient (Wildman–Crippen LogP) is 4.85.